The van der Waals surface area contributed by atoms with Gasteiger partial charge in [-0.2, -0.15) is 22.3 Å². The highest BCUT2D eigenvalue weighted by atomic mass is 32.2. The predicted octanol–water partition coefficient (Wildman–Crippen LogP) is 1.59. The molecule has 2 unspecified atom stereocenters. The fourth-order valence-electron chi connectivity index (χ4n) is 7.14. The molecule has 7 rings (SSSR count). The number of carbonyl (C=O) groups excluding carboxylic acids is 2. The summed E-state index contributed by atoms with van der Waals surface area (Å²) in [6.45, 7) is 3.87. The monoisotopic (exact) mass is 629 g/mol. The van der Waals surface area contributed by atoms with Crippen LogP contribution in [0.2, 0.25) is 0 Å². The molecule has 14 heteroatoms. The van der Waals surface area contributed by atoms with Crippen molar-refractivity contribution in [3.63, 3.8) is 0 Å². The summed E-state index contributed by atoms with van der Waals surface area (Å²) in [5.41, 5.74) is 1.18. The minimum Gasteiger partial charge on any atom is -0.356 e. The summed E-state index contributed by atoms with van der Waals surface area (Å²) in [4.78, 5) is 44.3. The van der Waals surface area contributed by atoms with Crippen LogP contribution in [0.4, 0.5) is 0 Å². The molecule has 0 bridgehead atoms. The van der Waals surface area contributed by atoms with E-state index in [0.717, 1.165) is 24.2 Å². The van der Waals surface area contributed by atoms with Gasteiger partial charge in [0, 0.05) is 92.3 Å². The number of ketones is 1. The standard InChI is InChI=1S/C31H35N9O4S/c1-20-6-8-38(9-7-20)45(43,44)39-16-25-26(17-39)29(25)40-28(10-27(41)22-4-2-21(13-32)3-5-22)37-31(30(40)42,11-23-14-33-18-35-23)12-24-15-34-19-36-24/h2-5,10,14-15,18-20,25-26,29,37H,6-9,11-12,16-17H2,1H3,(H,33,35)(H,34,36). The average Bonchev–Trinajstić information content (AvgIpc) is 3.64. The fraction of sp³-hybridized carbons (Fsp3) is 0.452. The Kier molecular flexibility index (Phi) is 7.34. The van der Waals surface area contributed by atoms with Crippen LogP contribution >= 0.6 is 0 Å². The third kappa shape index (κ3) is 5.34. The lowest BCUT2D eigenvalue weighted by Crippen LogP contribution is -2.51. The highest BCUT2D eigenvalue weighted by Gasteiger charge is 2.66. The van der Waals surface area contributed by atoms with Crippen LogP contribution in [0.1, 0.15) is 47.1 Å². The Morgan fingerprint density at radius 2 is 1.62 bits per heavy atom. The number of benzene rings is 1. The van der Waals surface area contributed by atoms with Gasteiger partial charge in [-0.1, -0.05) is 6.92 Å². The first kappa shape index (κ1) is 29.4. The maximum atomic E-state index is 14.6. The van der Waals surface area contributed by atoms with Crippen LogP contribution in [-0.4, -0.2) is 91.3 Å². The Hall–Kier alpha value is -4.32. The first-order valence-corrected chi connectivity index (χ1v) is 16.7. The Morgan fingerprint density at radius 1 is 1.02 bits per heavy atom. The number of rotatable bonds is 9. The summed E-state index contributed by atoms with van der Waals surface area (Å²) < 4.78 is 30.1. The molecule has 0 radical (unpaired) electrons. The zero-order valence-corrected chi connectivity index (χ0v) is 25.7. The largest absolute Gasteiger partial charge is 0.356 e. The summed E-state index contributed by atoms with van der Waals surface area (Å²) in [7, 11) is -3.58. The van der Waals surface area contributed by atoms with Gasteiger partial charge in [0.05, 0.1) is 24.3 Å². The maximum absolute atomic E-state index is 14.6. The molecule has 2 aromatic heterocycles. The molecule has 3 aromatic rings. The summed E-state index contributed by atoms with van der Waals surface area (Å²) in [5, 5.41) is 12.6. The number of aromatic nitrogens is 4. The number of nitrogens with one attached hydrogen (secondary N) is 3. The van der Waals surface area contributed by atoms with Crippen LogP contribution in [0.25, 0.3) is 0 Å². The van der Waals surface area contributed by atoms with Gasteiger partial charge in [-0.05, 0) is 43.0 Å². The van der Waals surface area contributed by atoms with E-state index in [1.165, 1.54) is 6.08 Å². The second kappa shape index (κ2) is 11.2. The van der Waals surface area contributed by atoms with Gasteiger partial charge in [-0.25, -0.2) is 9.97 Å². The highest BCUT2D eigenvalue weighted by Crippen LogP contribution is 2.53. The quantitative estimate of drug-likeness (QED) is 0.237. The zero-order chi connectivity index (χ0) is 31.3. The van der Waals surface area contributed by atoms with E-state index in [0.29, 0.717) is 49.0 Å². The molecule has 45 heavy (non-hydrogen) atoms. The first-order valence-electron chi connectivity index (χ1n) is 15.3. The molecule has 3 aliphatic heterocycles. The van der Waals surface area contributed by atoms with E-state index in [2.05, 4.69) is 38.2 Å². The molecule has 0 spiro atoms. The van der Waals surface area contributed by atoms with Crippen molar-refractivity contribution in [1.82, 2.24) is 38.8 Å². The number of hydrogen-bond donors (Lipinski definition) is 3. The van der Waals surface area contributed by atoms with Crippen LogP contribution in [0.3, 0.4) is 0 Å². The summed E-state index contributed by atoms with van der Waals surface area (Å²) in [5.74, 6) is 0.308. The summed E-state index contributed by atoms with van der Waals surface area (Å²) in [6.07, 6.45) is 10.2. The molecular formula is C31H35N9O4S. The number of piperidine rings is 2. The molecule has 1 amide bonds. The molecule has 1 aromatic carbocycles. The topological polar surface area (TPSA) is 171 Å². The number of aromatic amines is 2. The normalized spacial score (nSPS) is 26.1. The van der Waals surface area contributed by atoms with Gasteiger partial charge < -0.3 is 15.3 Å². The van der Waals surface area contributed by atoms with Crippen molar-refractivity contribution < 1.29 is 18.0 Å². The van der Waals surface area contributed by atoms with E-state index in [1.807, 2.05) is 0 Å². The highest BCUT2D eigenvalue weighted by molar-refractivity contribution is 7.86. The minimum atomic E-state index is -3.58. The van der Waals surface area contributed by atoms with E-state index in [-0.39, 0.29) is 42.4 Å². The Morgan fingerprint density at radius 3 is 2.16 bits per heavy atom. The van der Waals surface area contributed by atoms with Crippen molar-refractivity contribution >= 4 is 21.9 Å². The predicted molar refractivity (Wildman–Crippen MR) is 162 cm³/mol. The lowest BCUT2D eigenvalue weighted by molar-refractivity contribution is -0.132. The Balaban J connectivity index is 1.19. The van der Waals surface area contributed by atoms with Crippen LogP contribution in [0.15, 0.2) is 61.2 Å². The number of nitriles is 1. The molecule has 1 saturated carbocycles. The van der Waals surface area contributed by atoms with E-state index < -0.39 is 15.7 Å². The van der Waals surface area contributed by atoms with Crippen molar-refractivity contribution in [1.29, 1.82) is 5.26 Å². The third-order valence-electron chi connectivity index (χ3n) is 9.72. The lowest BCUT2D eigenvalue weighted by atomic mass is 9.88. The zero-order valence-electron chi connectivity index (χ0n) is 24.9. The van der Waals surface area contributed by atoms with E-state index >= 15 is 0 Å². The maximum Gasteiger partial charge on any atom is 0.281 e. The van der Waals surface area contributed by atoms with E-state index in [1.54, 1.807) is 62.8 Å². The molecule has 4 aliphatic rings. The first-order chi connectivity index (χ1) is 21.7. The molecular weight excluding hydrogens is 594 g/mol. The second-order valence-electron chi connectivity index (χ2n) is 12.7. The van der Waals surface area contributed by atoms with Crippen LogP contribution in [-0.2, 0) is 27.8 Å². The van der Waals surface area contributed by atoms with Gasteiger partial charge >= 0.3 is 0 Å². The SMILES string of the molecule is CC1CCN(S(=O)(=O)N2CC3C(C2)C3N2C(=O)C(Cc3cnc[nH]3)(Cc3cnc[nH]3)NC2=CC(=O)c2ccc(C#N)cc2)CC1. The molecule has 3 N–H and O–H groups in total. The summed E-state index contributed by atoms with van der Waals surface area (Å²) in [6, 6.07) is 8.17. The van der Waals surface area contributed by atoms with E-state index in [9.17, 15) is 23.3 Å². The van der Waals surface area contributed by atoms with Gasteiger partial charge in [-0.15, -0.1) is 0 Å². The van der Waals surface area contributed by atoms with Crippen molar-refractivity contribution in [3.8, 4) is 6.07 Å². The van der Waals surface area contributed by atoms with Gasteiger partial charge in [0.15, 0.2) is 5.78 Å². The average molecular weight is 630 g/mol. The van der Waals surface area contributed by atoms with Gasteiger partial charge in [0.25, 0.3) is 16.1 Å². The molecule has 234 valence electrons. The summed E-state index contributed by atoms with van der Waals surface area (Å²) >= 11 is 0. The van der Waals surface area contributed by atoms with Crippen molar-refractivity contribution in [3.05, 3.63) is 83.7 Å². The molecule has 4 fully saturated rings. The number of carbonyl (C=O) groups is 2. The number of amides is 1. The third-order valence-corrected chi connectivity index (χ3v) is 11.7. The van der Waals surface area contributed by atoms with Crippen LogP contribution in [0, 0.1) is 29.1 Å². The fourth-order valence-corrected chi connectivity index (χ4v) is 8.86. The van der Waals surface area contributed by atoms with Gasteiger partial charge in [-0.3, -0.25) is 14.5 Å². The van der Waals surface area contributed by atoms with Crippen LogP contribution in [0.5, 0.6) is 0 Å². The molecule has 13 nitrogen and oxygen atoms in total. The number of nitrogens with zero attached hydrogens (tertiary/aromatic N) is 6. The Labute approximate surface area is 261 Å². The number of H-pyrrole nitrogens is 2. The van der Waals surface area contributed by atoms with Gasteiger partial charge in [0.2, 0.25) is 0 Å². The molecule has 2 atom stereocenters. The lowest BCUT2D eigenvalue weighted by Gasteiger charge is -2.33. The second-order valence-corrected chi connectivity index (χ2v) is 14.6. The smallest absolute Gasteiger partial charge is 0.281 e. The minimum absolute atomic E-state index is 0.0437. The van der Waals surface area contributed by atoms with Crippen molar-refractivity contribution in [2.75, 3.05) is 26.2 Å². The van der Waals surface area contributed by atoms with Gasteiger partial charge in [0.1, 0.15) is 11.4 Å². The molecule has 5 heterocycles. The van der Waals surface area contributed by atoms with Crippen molar-refractivity contribution in [2.24, 2.45) is 17.8 Å². The Bertz CT molecular complexity index is 1710. The number of imidazole rings is 2. The van der Waals surface area contributed by atoms with E-state index in [4.69, 9.17) is 0 Å². The number of allylic oxidation sites excluding steroid dienone is 1. The number of hydrogen-bond acceptors (Lipinski definition) is 8. The van der Waals surface area contributed by atoms with Crippen molar-refractivity contribution in [2.45, 2.75) is 44.2 Å². The van der Waals surface area contributed by atoms with Crippen LogP contribution < -0.4 is 5.32 Å². The molecule has 1 aliphatic carbocycles. The number of fused-ring (bicyclic) bond motifs is 1. The molecule has 3 saturated heterocycles.